The Bertz CT molecular complexity index is 386. The van der Waals surface area contributed by atoms with Crippen molar-refractivity contribution in [3.05, 3.63) is 35.9 Å². The van der Waals surface area contributed by atoms with Gasteiger partial charge in [0.2, 0.25) is 0 Å². The fourth-order valence-electron chi connectivity index (χ4n) is 2.34. The molecular formula is C14H20N2O2. The summed E-state index contributed by atoms with van der Waals surface area (Å²) in [4.78, 5) is 15.7. The van der Waals surface area contributed by atoms with Crippen molar-refractivity contribution in [3.63, 3.8) is 0 Å². The first-order valence-corrected chi connectivity index (χ1v) is 6.36. The number of hydrogen-bond acceptors (Lipinski definition) is 3. The van der Waals surface area contributed by atoms with Crippen molar-refractivity contribution in [2.24, 2.45) is 0 Å². The predicted molar refractivity (Wildman–Crippen MR) is 70.6 cm³/mol. The maximum atomic E-state index is 11.4. The van der Waals surface area contributed by atoms with Gasteiger partial charge in [-0.2, -0.15) is 0 Å². The smallest absolute Gasteiger partial charge is 0.321 e. The molecule has 1 aromatic rings. The van der Waals surface area contributed by atoms with Crippen LogP contribution in [0.1, 0.15) is 5.56 Å². The van der Waals surface area contributed by atoms with Crippen molar-refractivity contribution in [3.8, 4) is 0 Å². The molecule has 0 saturated carbocycles. The summed E-state index contributed by atoms with van der Waals surface area (Å²) >= 11 is 0. The Morgan fingerprint density at radius 3 is 2.39 bits per heavy atom. The minimum Gasteiger partial charge on any atom is -0.480 e. The molecule has 1 fully saturated rings. The standard InChI is InChI=1S/C14H20N2O2/c1-15-7-9-16(10-8-15)13(14(17)18)11-12-5-3-2-4-6-12/h2-6,13H,7-11H2,1H3,(H,17,18)/t13-/m1/s1. The lowest BCUT2D eigenvalue weighted by Crippen LogP contribution is -2.52. The molecule has 0 aromatic heterocycles. The number of piperazine rings is 1. The van der Waals surface area contributed by atoms with Crippen LogP contribution in [0.25, 0.3) is 0 Å². The summed E-state index contributed by atoms with van der Waals surface area (Å²) in [5.41, 5.74) is 1.09. The van der Waals surface area contributed by atoms with Gasteiger partial charge in [0.25, 0.3) is 0 Å². The Labute approximate surface area is 108 Å². The highest BCUT2D eigenvalue weighted by molar-refractivity contribution is 5.74. The molecule has 0 spiro atoms. The molecule has 1 N–H and O–H groups in total. The zero-order valence-corrected chi connectivity index (χ0v) is 10.7. The molecule has 1 saturated heterocycles. The highest BCUT2D eigenvalue weighted by atomic mass is 16.4. The first-order chi connectivity index (χ1) is 8.66. The van der Waals surface area contributed by atoms with Gasteiger partial charge in [-0.1, -0.05) is 30.3 Å². The van der Waals surface area contributed by atoms with Crippen LogP contribution in [0.5, 0.6) is 0 Å². The molecule has 1 heterocycles. The Morgan fingerprint density at radius 2 is 1.83 bits per heavy atom. The Balaban J connectivity index is 2.02. The van der Waals surface area contributed by atoms with E-state index < -0.39 is 12.0 Å². The van der Waals surface area contributed by atoms with Crippen LogP contribution in [0.15, 0.2) is 30.3 Å². The monoisotopic (exact) mass is 248 g/mol. The van der Waals surface area contributed by atoms with Crippen molar-refractivity contribution in [1.29, 1.82) is 0 Å². The quantitative estimate of drug-likeness (QED) is 0.861. The average molecular weight is 248 g/mol. The van der Waals surface area contributed by atoms with E-state index in [2.05, 4.69) is 16.8 Å². The molecule has 2 rings (SSSR count). The Hall–Kier alpha value is -1.39. The minimum absolute atomic E-state index is 0.402. The van der Waals surface area contributed by atoms with Crippen LogP contribution in [0, 0.1) is 0 Å². The lowest BCUT2D eigenvalue weighted by molar-refractivity contribution is -0.144. The molecule has 1 aliphatic rings. The van der Waals surface area contributed by atoms with Crippen molar-refractivity contribution in [2.45, 2.75) is 12.5 Å². The van der Waals surface area contributed by atoms with Gasteiger partial charge >= 0.3 is 5.97 Å². The Morgan fingerprint density at radius 1 is 1.22 bits per heavy atom. The molecule has 4 heteroatoms. The molecule has 4 nitrogen and oxygen atoms in total. The summed E-state index contributed by atoms with van der Waals surface area (Å²) in [6, 6.07) is 9.45. The summed E-state index contributed by atoms with van der Waals surface area (Å²) in [5, 5.41) is 9.40. The SMILES string of the molecule is CN1CCN([C@H](Cc2ccccc2)C(=O)O)CC1. The Kier molecular flexibility index (Phi) is 4.33. The number of aliphatic carboxylic acids is 1. The zero-order valence-electron chi connectivity index (χ0n) is 10.7. The number of carbonyl (C=O) groups is 1. The van der Waals surface area contributed by atoms with Crippen LogP contribution in [-0.2, 0) is 11.2 Å². The summed E-state index contributed by atoms with van der Waals surface area (Å²) in [5.74, 6) is -0.719. The number of likely N-dealkylation sites (N-methyl/N-ethyl adjacent to an activating group) is 1. The van der Waals surface area contributed by atoms with Crippen LogP contribution >= 0.6 is 0 Å². The maximum Gasteiger partial charge on any atom is 0.321 e. The van der Waals surface area contributed by atoms with E-state index in [1.165, 1.54) is 0 Å². The third kappa shape index (κ3) is 3.31. The molecule has 1 aromatic carbocycles. The molecule has 1 atom stereocenters. The first-order valence-electron chi connectivity index (χ1n) is 6.36. The van der Waals surface area contributed by atoms with E-state index >= 15 is 0 Å². The van der Waals surface area contributed by atoms with Crippen molar-refractivity contribution in [2.75, 3.05) is 33.2 Å². The minimum atomic E-state index is -0.719. The molecule has 18 heavy (non-hydrogen) atoms. The van der Waals surface area contributed by atoms with E-state index in [1.54, 1.807) is 0 Å². The number of hydrogen-bond donors (Lipinski definition) is 1. The fourth-order valence-corrected chi connectivity index (χ4v) is 2.34. The van der Waals surface area contributed by atoms with E-state index in [-0.39, 0.29) is 0 Å². The van der Waals surface area contributed by atoms with Crippen molar-refractivity contribution in [1.82, 2.24) is 9.80 Å². The van der Waals surface area contributed by atoms with Gasteiger partial charge in [0.1, 0.15) is 6.04 Å². The van der Waals surface area contributed by atoms with Crippen molar-refractivity contribution >= 4 is 5.97 Å². The van der Waals surface area contributed by atoms with Gasteiger partial charge in [-0.15, -0.1) is 0 Å². The highest BCUT2D eigenvalue weighted by Gasteiger charge is 2.27. The number of carboxylic acid groups (broad SMARTS) is 1. The van der Waals surface area contributed by atoms with Gasteiger partial charge in [0.15, 0.2) is 0 Å². The molecule has 0 amide bonds. The summed E-state index contributed by atoms with van der Waals surface area (Å²) in [6.07, 6.45) is 0.583. The highest BCUT2D eigenvalue weighted by Crippen LogP contribution is 2.12. The van der Waals surface area contributed by atoms with Crippen molar-refractivity contribution < 1.29 is 9.90 Å². The second kappa shape index (κ2) is 5.98. The van der Waals surface area contributed by atoms with Gasteiger partial charge in [0.05, 0.1) is 0 Å². The van der Waals surface area contributed by atoms with Gasteiger partial charge in [-0.3, -0.25) is 9.69 Å². The fraction of sp³-hybridized carbons (Fsp3) is 0.500. The molecule has 0 aliphatic carbocycles. The van der Waals surface area contributed by atoms with Gasteiger partial charge in [0, 0.05) is 26.2 Å². The average Bonchev–Trinajstić information content (AvgIpc) is 2.38. The zero-order chi connectivity index (χ0) is 13.0. The third-order valence-corrected chi connectivity index (χ3v) is 3.54. The number of benzene rings is 1. The maximum absolute atomic E-state index is 11.4. The molecule has 0 bridgehead atoms. The molecule has 0 radical (unpaired) electrons. The summed E-state index contributed by atoms with van der Waals surface area (Å²) < 4.78 is 0. The molecular weight excluding hydrogens is 228 g/mol. The largest absolute Gasteiger partial charge is 0.480 e. The second-order valence-corrected chi connectivity index (χ2v) is 4.88. The first kappa shape index (κ1) is 13.1. The van der Waals surface area contributed by atoms with Crippen LogP contribution in [0.3, 0.4) is 0 Å². The molecule has 98 valence electrons. The topological polar surface area (TPSA) is 43.8 Å². The molecule has 1 aliphatic heterocycles. The normalized spacial score (nSPS) is 19.6. The van der Waals surface area contributed by atoms with Gasteiger partial charge in [-0.05, 0) is 19.0 Å². The van der Waals surface area contributed by atoms with E-state index in [0.717, 1.165) is 31.7 Å². The van der Waals surface area contributed by atoms with Crippen LogP contribution in [0.2, 0.25) is 0 Å². The number of nitrogens with zero attached hydrogens (tertiary/aromatic N) is 2. The predicted octanol–water partition coefficient (Wildman–Crippen LogP) is 0.930. The van der Waals surface area contributed by atoms with E-state index in [1.807, 2.05) is 30.3 Å². The van der Waals surface area contributed by atoms with Crippen LogP contribution in [-0.4, -0.2) is 60.1 Å². The third-order valence-electron chi connectivity index (χ3n) is 3.54. The van der Waals surface area contributed by atoms with E-state index in [9.17, 15) is 9.90 Å². The molecule has 0 unspecified atom stereocenters. The lowest BCUT2D eigenvalue weighted by atomic mass is 10.0. The van der Waals surface area contributed by atoms with Crippen LogP contribution in [0.4, 0.5) is 0 Å². The van der Waals surface area contributed by atoms with E-state index in [0.29, 0.717) is 6.42 Å². The second-order valence-electron chi connectivity index (χ2n) is 4.88. The number of carboxylic acids is 1. The number of rotatable bonds is 4. The van der Waals surface area contributed by atoms with E-state index in [4.69, 9.17) is 0 Å². The van der Waals surface area contributed by atoms with Gasteiger partial charge < -0.3 is 10.0 Å². The summed E-state index contributed by atoms with van der Waals surface area (Å²) in [6.45, 7) is 3.55. The van der Waals surface area contributed by atoms with Crippen LogP contribution < -0.4 is 0 Å². The summed E-state index contributed by atoms with van der Waals surface area (Å²) in [7, 11) is 2.07. The lowest BCUT2D eigenvalue weighted by Gasteiger charge is -2.36. The van der Waals surface area contributed by atoms with Gasteiger partial charge in [-0.25, -0.2) is 0 Å².